The van der Waals surface area contributed by atoms with Gasteiger partial charge in [-0.3, -0.25) is 0 Å². The normalized spacial score (nSPS) is 12.5. The van der Waals surface area contributed by atoms with Crippen LogP contribution in [0.2, 0.25) is 0 Å². The molecule has 12 heavy (non-hydrogen) atoms. The lowest BCUT2D eigenvalue weighted by Crippen LogP contribution is -2.25. The van der Waals surface area contributed by atoms with Crippen LogP contribution in [0.4, 0.5) is 0 Å². The van der Waals surface area contributed by atoms with E-state index in [1.165, 1.54) is 0 Å². The van der Waals surface area contributed by atoms with E-state index in [0.29, 0.717) is 5.88 Å². The molecule has 74 valence electrons. The van der Waals surface area contributed by atoms with Crippen molar-refractivity contribution in [3.8, 4) is 0 Å². The lowest BCUT2D eigenvalue weighted by Gasteiger charge is -2.24. The average molecular weight is 193 g/mol. The van der Waals surface area contributed by atoms with Crippen LogP contribution in [-0.2, 0) is 4.74 Å². The summed E-state index contributed by atoms with van der Waals surface area (Å²) in [4.78, 5) is 0. The molecule has 0 rings (SSSR count). The van der Waals surface area contributed by atoms with Gasteiger partial charge in [-0.05, 0) is 32.6 Å². The maximum atomic E-state index is 5.70. The van der Waals surface area contributed by atoms with Crippen molar-refractivity contribution in [1.29, 1.82) is 0 Å². The molecule has 0 N–H and O–H groups in total. The summed E-state index contributed by atoms with van der Waals surface area (Å²) in [6.45, 7) is 9.45. The highest BCUT2D eigenvalue weighted by Crippen LogP contribution is 2.16. The minimum atomic E-state index is -0.0450. The van der Waals surface area contributed by atoms with Crippen molar-refractivity contribution in [1.82, 2.24) is 0 Å². The third kappa shape index (κ3) is 6.93. The smallest absolute Gasteiger partial charge is 0.0637 e. The molecule has 0 saturated carbocycles. The Hall–Kier alpha value is 0.250. The van der Waals surface area contributed by atoms with E-state index in [2.05, 4.69) is 27.7 Å². The average Bonchev–Trinajstić information content (AvgIpc) is 1.85. The molecule has 0 aromatic rings. The first-order valence-corrected chi connectivity index (χ1v) is 5.21. The largest absolute Gasteiger partial charge is 0.376 e. The maximum Gasteiger partial charge on any atom is 0.0637 e. The second kappa shape index (κ2) is 5.82. The standard InChI is InChI=1S/C10H21ClO/c1-9(2)5-8-12-10(3,4)6-7-11/h9H,5-8H2,1-4H3. The molecule has 0 saturated heterocycles. The molecule has 2 heteroatoms. The summed E-state index contributed by atoms with van der Waals surface area (Å²) in [5, 5.41) is 0. The number of alkyl halides is 1. The third-order valence-corrected chi connectivity index (χ3v) is 2.07. The molecule has 0 radical (unpaired) electrons. The molecule has 0 aromatic carbocycles. The van der Waals surface area contributed by atoms with Gasteiger partial charge in [0.15, 0.2) is 0 Å². The number of hydrogen-bond acceptors (Lipinski definition) is 1. The van der Waals surface area contributed by atoms with Crippen molar-refractivity contribution in [3.05, 3.63) is 0 Å². The lowest BCUT2D eigenvalue weighted by atomic mass is 10.1. The molecule has 0 fully saturated rings. The number of hydrogen-bond donors (Lipinski definition) is 0. The molecule has 0 heterocycles. The fourth-order valence-electron chi connectivity index (χ4n) is 0.871. The predicted octanol–water partition coefficient (Wildman–Crippen LogP) is 3.46. The van der Waals surface area contributed by atoms with Gasteiger partial charge < -0.3 is 4.74 Å². The molecule has 1 nitrogen and oxygen atoms in total. The van der Waals surface area contributed by atoms with Gasteiger partial charge in [0.05, 0.1) is 5.60 Å². The van der Waals surface area contributed by atoms with E-state index < -0.39 is 0 Å². The second-order valence-electron chi connectivity index (χ2n) is 4.23. The van der Waals surface area contributed by atoms with Gasteiger partial charge in [-0.25, -0.2) is 0 Å². The van der Waals surface area contributed by atoms with Gasteiger partial charge in [0.2, 0.25) is 0 Å². The summed E-state index contributed by atoms with van der Waals surface area (Å²) in [5.74, 6) is 1.39. The summed E-state index contributed by atoms with van der Waals surface area (Å²) >= 11 is 5.65. The van der Waals surface area contributed by atoms with E-state index in [1.54, 1.807) is 0 Å². The predicted molar refractivity (Wildman–Crippen MR) is 54.8 cm³/mol. The number of rotatable bonds is 6. The zero-order valence-corrected chi connectivity index (χ0v) is 9.45. The SMILES string of the molecule is CC(C)CCOC(C)(C)CCCl. The van der Waals surface area contributed by atoms with Crippen molar-refractivity contribution >= 4 is 11.6 Å². The van der Waals surface area contributed by atoms with Gasteiger partial charge >= 0.3 is 0 Å². The van der Waals surface area contributed by atoms with Gasteiger partial charge in [-0.1, -0.05) is 13.8 Å². The summed E-state index contributed by atoms with van der Waals surface area (Å²) < 4.78 is 5.70. The minimum Gasteiger partial charge on any atom is -0.376 e. The highest BCUT2D eigenvalue weighted by Gasteiger charge is 2.16. The highest BCUT2D eigenvalue weighted by molar-refractivity contribution is 6.17. The first-order valence-electron chi connectivity index (χ1n) is 4.68. The molecule has 0 spiro atoms. The van der Waals surface area contributed by atoms with E-state index in [-0.39, 0.29) is 5.60 Å². The van der Waals surface area contributed by atoms with Crippen molar-refractivity contribution in [2.75, 3.05) is 12.5 Å². The van der Waals surface area contributed by atoms with Gasteiger partial charge in [0, 0.05) is 12.5 Å². The fourth-order valence-corrected chi connectivity index (χ4v) is 1.33. The highest BCUT2D eigenvalue weighted by atomic mass is 35.5. The van der Waals surface area contributed by atoms with Crippen LogP contribution in [0.3, 0.4) is 0 Å². The summed E-state index contributed by atoms with van der Waals surface area (Å²) in [6, 6.07) is 0. The van der Waals surface area contributed by atoms with E-state index in [1.807, 2.05) is 0 Å². The van der Waals surface area contributed by atoms with Gasteiger partial charge in [0.1, 0.15) is 0 Å². The van der Waals surface area contributed by atoms with Crippen LogP contribution in [0.5, 0.6) is 0 Å². The lowest BCUT2D eigenvalue weighted by molar-refractivity contribution is -0.0237. The fraction of sp³-hybridized carbons (Fsp3) is 1.00. The maximum absolute atomic E-state index is 5.70. The number of halogens is 1. The Bertz CT molecular complexity index is 110. The summed E-state index contributed by atoms with van der Waals surface area (Å²) in [6.07, 6.45) is 2.05. The van der Waals surface area contributed by atoms with Crippen LogP contribution in [0.25, 0.3) is 0 Å². The monoisotopic (exact) mass is 192 g/mol. The zero-order chi connectivity index (χ0) is 9.61. The van der Waals surface area contributed by atoms with Gasteiger partial charge in [-0.15, -0.1) is 11.6 Å². The zero-order valence-electron chi connectivity index (χ0n) is 8.69. The third-order valence-electron chi connectivity index (χ3n) is 1.88. The van der Waals surface area contributed by atoms with E-state index >= 15 is 0 Å². The molecule has 0 aliphatic rings. The first-order chi connectivity index (χ1) is 5.48. The second-order valence-corrected chi connectivity index (χ2v) is 4.61. The van der Waals surface area contributed by atoms with Crippen LogP contribution < -0.4 is 0 Å². The Morgan fingerprint density at radius 3 is 2.33 bits per heavy atom. The van der Waals surface area contributed by atoms with Crippen molar-refractivity contribution in [2.24, 2.45) is 5.92 Å². The van der Waals surface area contributed by atoms with E-state index in [9.17, 15) is 0 Å². The Balaban J connectivity index is 3.46. The molecule has 0 aromatic heterocycles. The van der Waals surface area contributed by atoms with Crippen LogP contribution in [0, 0.1) is 5.92 Å². The van der Waals surface area contributed by atoms with Crippen molar-refractivity contribution < 1.29 is 4.74 Å². The quantitative estimate of drug-likeness (QED) is 0.586. The topological polar surface area (TPSA) is 9.23 Å². The molecule has 0 atom stereocenters. The van der Waals surface area contributed by atoms with Crippen LogP contribution in [0.15, 0.2) is 0 Å². The summed E-state index contributed by atoms with van der Waals surface area (Å²) in [5.41, 5.74) is -0.0450. The molecular formula is C10H21ClO. The molecule has 0 amide bonds. The molecule has 0 unspecified atom stereocenters. The summed E-state index contributed by atoms with van der Waals surface area (Å²) in [7, 11) is 0. The van der Waals surface area contributed by atoms with Crippen molar-refractivity contribution in [3.63, 3.8) is 0 Å². The first kappa shape index (κ1) is 12.2. The molecule has 0 bridgehead atoms. The Morgan fingerprint density at radius 1 is 1.33 bits per heavy atom. The van der Waals surface area contributed by atoms with Crippen LogP contribution in [0.1, 0.15) is 40.5 Å². The van der Waals surface area contributed by atoms with Gasteiger partial charge in [0.25, 0.3) is 0 Å². The van der Waals surface area contributed by atoms with Crippen molar-refractivity contribution in [2.45, 2.75) is 46.1 Å². The van der Waals surface area contributed by atoms with E-state index in [4.69, 9.17) is 16.3 Å². The van der Waals surface area contributed by atoms with Gasteiger partial charge in [-0.2, -0.15) is 0 Å². The Kier molecular flexibility index (Phi) is 5.94. The Morgan fingerprint density at radius 2 is 1.92 bits per heavy atom. The van der Waals surface area contributed by atoms with Crippen LogP contribution >= 0.6 is 11.6 Å². The Labute approximate surface area is 81.4 Å². The molecular weight excluding hydrogens is 172 g/mol. The molecule has 0 aliphatic carbocycles. The van der Waals surface area contributed by atoms with E-state index in [0.717, 1.165) is 25.4 Å². The minimum absolute atomic E-state index is 0.0450. The van der Waals surface area contributed by atoms with Crippen LogP contribution in [-0.4, -0.2) is 18.1 Å². The number of ether oxygens (including phenoxy) is 1. The molecule has 0 aliphatic heterocycles.